The monoisotopic (exact) mass is 272 g/mol. The van der Waals surface area contributed by atoms with Gasteiger partial charge in [0.1, 0.15) is 11.6 Å². The van der Waals surface area contributed by atoms with Gasteiger partial charge in [-0.1, -0.05) is 23.7 Å². The van der Waals surface area contributed by atoms with Crippen molar-refractivity contribution in [2.45, 2.75) is 6.92 Å². The van der Waals surface area contributed by atoms with E-state index in [1.54, 1.807) is 6.07 Å². The van der Waals surface area contributed by atoms with E-state index in [1.807, 2.05) is 48.9 Å². The van der Waals surface area contributed by atoms with E-state index in [4.69, 9.17) is 11.6 Å². The smallest absolute Gasteiger partial charge is 0.144 e. The third-order valence-electron chi connectivity index (χ3n) is 3.24. The van der Waals surface area contributed by atoms with Crippen LogP contribution in [0.3, 0.4) is 0 Å². The van der Waals surface area contributed by atoms with Crippen LogP contribution in [0.2, 0.25) is 5.02 Å². The van der Waals surface area contributed by atoms with Gasteiger partial charge in [-0.2, -0.15) is 0 Å². The fourth-order valence-electron chi connectivity index (χ4n) is 2.29. The van der Waals surface area contributed by atoms with Gasteiger partial charge in [0.2, 0.25) is 0 Å². The number of imidazole rings is 1. The second-order valence-corrected chi connectivity index (χ2v) is 5.03. The minimum atomic E-state index is 0.231. The summed E-state index contributed by atoms with van der Waals surface area (Å²) in [6.07, 6.45) is 0. The number of aromatic hydroxyl groups is 1. The van der Waals surface area contributed by atoms with E-state index in [1.165, 1.54) is 0 Å². The van der Waals surface area contributed by atoms with Crippen LogP contribution in [-0.4, -0.2) is 14.7 Å². The van der Waals surface area contributed by atoms with E-state index in [9.17, 15) is 5.11 Å². The summed E-state index contributed by atoms with van der Waals surface area (Å²) in [5.41, 5.74) is 3.42. The van der Waals surface area contributed by atoms with Crippen molar-refractivity contribution in [3.8, 4) is 17.1 Å². The summed E-state index contributed by atoms with van der Waals surface area (Å²) in [6, 6.07) is 11.2. The van der Waals surface area contributed by atoms with Crippen molar-refractivity contribution in [3.05, 3.63) is 47.0 Å². The second-order valence-electron chi connectivity index (χ2n) is 4.62. The van der Waals surface area contributed by atoms with Crippen LogP contribution in [0.5, 0.6) is 5.75 Å². The molecule has 0 spiro atoms. The number of para-hydroxylation sites is 1. The highest BCUT2D eigenvalue weighted by molar-refractivity contribution is 6.35. The number of hydrogen-bond acceptors (Lipinski definition) is 2. The van der Waals surface area contributed by atoms with Gasteiger partial charge < -0.3 is 9.67 Å². The summed E-state index contributed by atoms with van der Waals surface area (Å²) in [5.74, 6) is 0.940. The van der Waals surface area contributed by atoms with Crippen LogP contribution in [0.1, 0.15) is 5.56 Å². The van der Waals surface area contributed by atoms with Gasteiger partial charge in [-0.15, -0.1) is 0 Å². The molecule has 0 aliphatic heterocycles. The fourth-order valence-corrected chi connectivity index (χ4v) is 2.59. The van der Waals surface area contributed by atoms with Crippen molar-refractivity contribution in [3.63, 3.8) is 0 Å². The first-order chi connectivity index (χ1) is 9.08. The summed E-state index contributed by atoms with van der Waals surface area (Å²) in [4.78, 5) is 4.55. The molecule has 0 radical (unpaired) electrons. The standard InChI is InChI=1S/C15H13ClN2O/c1-9-6-7-10(13(19)8-9)15-17-12-5-3-4-11(16)14(12)18(15)2/h3-8,19H,1-2H3. The predicted octanol–water partition coefficient (Wildman–Crippen LogP) is 3.91. The largest absolute Gasteiger partial charge is 0.507 e. The Morgan fingerprint density at radius 1 is 1.21 bits per heavy atom. The molecule has 0 unspecified atom stereocenters. The summed E-state index contributed by atoms with van der Waals surface area (Å²) in [6.45, 7) is 1.94. The number of fused-ring (bicyclic) bond motifs is 1. The average Bonchev–Trinajstić information content (AvgIpc) is 2.68. The number of aryl methyl sites for hydroxylation is 2. The third-order valence-corrected chi connectivity index (χ3v) is 3.54. The van der Waals surface area contributed by atoms with E-state index in [2.05, 4.69) is 4.98 Å². The highest BCUT2D eigenvalue weighted by atomic mass is 35.5. The SMILES string of the molecule is Cc1ccc(-c2nc3cccc(Cl)c3n2C)c(O)c1. The number of phenolic OH excluding ortho intramolecular Hbond substituents is 1. The molecule has 2 aromatic carbocycles. The number of hydrogen-bond donors (Lipinski definition) is 1. The summed E-state index contributed by atoms with van der Waals surface area (Å²) in [5, 5.41) is 10.7. The molecule has 3 aromatic rings. The van der Waals surface area contributed by atoms with E-state index in [0.717, 1.165) is 16.6 Å². The Balaban J connectivity index is 2.31. The number of halogens is 1. The summed E-state index contributed by atoms with van der Waals surface area (Å²) in [7, 11) is 1.90. The molecule has 3 rings (SSSR count). The van der Waals surface area contributed by atoms with Gasteiger partial charge in [-0.3, -0.25) is 0 Å². The van der Waals surface area contributed by atoms with Crippen LogP contribution in [0.4, 0.5) is 0 Å². The second kappa shape index (κ2) is 4.28. The van der Waals surface area contributed by atoms with E-state index < -0.39 is 0 Å². The minimum Gasteiger partial charge on any atom is -0.507 e. The molecule has 1 heterocycles. The molecule has 1 aromatic heterocycles. The van der Waals surface area contributed by atoms with E-state index in [0.29, 0.717) is 16.4 Å². The van der Waals surface area contributed by atoms with Gasteiger partial charge in [0.05, 0.1) is 21.6 Å². The molecule has 0 fully saturated rings. The maximum atomic E-state index is 10.1. The zero-order valence-corrected chi connectivity index (χ0v) is 11.4. The number of nitrogens with zero attached hydrogens (tertiary/aromatic N) is 2. The normalized spacial score (nSPS) is 11.1. The zero-order valence-electron chi connectivity index (χ0n) is 10.7. The first-order valence-electron chi connectivity index (χ1n) is 5.99. The van der Waals surface area contributed by atoms with Gasteiger partial charge in [-0.05, 0) is 36.8 Å². The van der Waals surface area contributed by atoms with Crippen molar-refractivity contribution < 1.29 is 5.11 Å². The Hall–Kier alpha value is -2.00. The summed E-state index contributed by atoms with van der Waals surface area (Å²) >= 11 is 6.20. The lowest BCUT2D eigenvalue weighted by molar-refractivity contribution is 0.476. The average molecular weight is 273 g/mol. The molecule has 3 nitrogen and oxygen atoms in total. The number of phenols is 1. The molecule has 0 amide bonds. The molecule has 19 heavy (non-hydrogen) atoms. The van der Waals surface area contributed by atoms with Gasteiger partial charge in [-0.25, -0.2) is 4.98 Å². The molecule has 0 bridgehead atoms. The minimum absolute atomic E-state index is 0.231. The van der Waals surface area contributed by atoms with Crippen molar-refractivity contribution >= 4 is 22.6 Å². The Morgan fingerprint density at radius 3 is 2.68 bits per heavy atom. The summed E-state index contributed by atoms with van der Waals surface area (Å²) < 4.78 is 1.90. The molecule has 0 saturated heterocycles. The van der Waals surface area contributed by atoms with Crippen molar-refractivity contribution in [1.82, 2.24) is 9.55 Å². The molecular formula is C15H13ClN2O. The quantitative estimate of drug-likeness (QED) is 0.729. The first kappa shape index (κ1) is 12.1. The topological polar surface area (TPSA) is 38.0 Å². The lowest BCUT2D eigenvalue weighted by Crippen LogP contribution is -1.93. The van der Waals surface area contributed by atoms with Gasteiger partial charge in [0.15, 0.2) is 0 Å². The van der Waals surface area contributed by atoms with Crippen LogP contribution in [0.15, 0.2) is 36.4 Å². The van der Waals surface area contributed by atoms with Crippen molar-refractivity contribution in [1.29, 1.82) is 0 Å². The molecule has 4 heteroatoms. The number of rotatable bonds is 1. The van der Waals surface area contributed by atoms with Crippen LogP contribution >= 0.6 is 11.6 Å². The first-order valence-corrected chi connectivity index (χ1v) is 6.36. The zero-order chi connectivity index (χ0) is 13.6. The fraction of sp³-hybridized carbons (Fsp3) is 0.133. The Bertz CT molecular complexity index is 777. The predicted molar refractivity (Wildman–Crippen MR) is 77.6 cm³/mol. The van der Waals surface area contributed by atoms with Crippen LogP contribution in [0, 0.1) is 6.92 Å². The molecule has 96 valence electrons. The number of benzene rings is 2. The third kappa shape index (κ3) is 1.87. The Morgan fingerprint density at radius 2 is 2.00 bits per heavy atom. The molecule has 0 aliphatic carbocycles. The molecular weight excluding hydrogens is 260 g/mol. The van der Waals surface area contributed by atoms with Crippen LogP contribution in [-0.2, 0) is 7.05 Å². The highest BCUT2D eigenvalue weighted by Crippen LogP contribution is 2.33. The van der Waals surface area contributed by atoms with E-state index >= 15 is 0 Å². The van der Waals surface area contributed by atoms with Gasteiger partial charge >= 0.3 is 0 Å². The maximum Gasteiger partial charge on any atom is 0.144 e. The van der Waals surface area contributed by atoms with Crippen molar-refractivity contribution in [2.24, 2.45) is 7.05 Å². The highest BCUT2D eigenvalue weighted by Gasteiger charge is 2.14. The van der Waals surface area contributed by atoms with Gasteiger partial charge in [0.25, 0.3) is 0 Å². The maximum absolute atomic E-state index is 10.1. The van der Waals surface area contributed by atoms with Gasteiger partial charge in [0, 0.05) is 7.05 Å². The Kier molecular flexibility index (Phi) is 2.72. The van der Waals surface area contributed by atoms with Crippen LogP contribution in [0.25, 0.3) is 22.4 Å². The van der Waals surface area contributed by atoms with Crippen LogP contribution < -0.4 is 0 Å². The lowest BCUT2D eigenvalue weighted by atomic mass is 10.1. The molecule has 1 N–H and O–H groups in total. The van der Waals surface area contributed by atoms with Crippen molar-refractivity contribution in [2.75, 3.05) is 0 Å². The molecule has 0 saturated carbocycles. The number of aromatic nitrogens is 2. The molecule has 0 aliphatic rings. The molecule has 0 atom stereocenters. The lowest BCUT2D eigenvalue weighted by Gasteiger charge is -2.06. The Labute approximate surface area is 116 Å². The van der Waals surface area contributed by atoms with E-state index in [-0.39, 0.29) is 5.75 Å².